The van der Waals surface area contributed by atoms with Gasteiger partial charge in [0.2, 0.25) is 5.91 Å². The van der Waals surface area contributed by atoms with Crippen molar-refractivity contribution in [3.05, 3.63) is 35.9 Å². The summed E-state index contributed by atoms with van der Waals surface area (Å²) in [5.74, 6) is -0.0698. The van der Waals surface area contributed by atoms with Crippen molar-refractivity contribution in [3.8, 4) is 0 Å². The van der Waals surface area contributed by atoms with E-state index >= 15 is 0 Å². The van der Waals surface area contributed by atoms with Crippen LogP contribution >= 0.6 is 0 Å². The van der Waals surface area contributed by atoms with Crippen LogP contribution in [0.4, 0.5) is 0 Å². The van der Waals surface area contributed by atoms with Gasteiger partial charge in [-0.2, -0.15) is 0 Å². The van der Waals surface area contributed by atoms with E-state index in [1.54, 1.807) is 0 Å². The van der Waals surface area contributed by atoms with Gasteiger partial charge in [0.1, 0.15) is 9.84 Å². The molecule has 0 atom stereocenters. The van der Waals surface area contributed by atoms with Crippen LogP contribution in [-0.2, 0) is 21.1 Å². The quantitative estimate of drug-likeness (QED) is 0.736. The molecule has 0 aliphatic carbocycles. The number of amides is 1. The Bertz CT molecular complexity index is 483. The van der Waals surface area contributed by atoms with Crippen molar-refractivity contribution < 1.29 is 13.2 Å². The lowest BCUT2D eigenvalue weighted by Crippen LogP contribution is -2.28. The number of aryl methyl sites for hydroxylation is 1. The SMILES string of the molecule is CS(=O)(=O)CCNC(=O)CCCCc1ccccc1. The Hall–Kier alpha value is -1.36. The third kappa shape index (κ3) is 8.37. The highest BCUT2D eigenvalue weighted by Gasteiger charge is 2.04. The molecule has 0 fully saturated rings. The summed E-state index contributed by atoms with van der Waals surface area (Å²) in [5.41, 5.74) is 1.28. The van der Waals surface area contributed by atoms with Crippen molar-refractivity contribution in [2.75, 3.05) is 18.6 Å². The van der Waals surface area contributed by atoms with Gasteiger partial charge in [0.15, 0.2) is 0 Å². The number of carbonyl (C=O) groups excluding carboxylic acids is 1. The molecule has 5 heteroatoms. The molecule has 1 N–H and O–H groups in total. The number of hydrogen-bond donors (Lipinski definition) is 1. The number of carbonyl (C=O) groups is 1. The highest BCUT2D eigenvalue weighted by molar-refractivity contribution is 7.90. The Morgan fingerprint density at radius 2 is 1.84 bits per heavy atom. The Kier molecular flexibility index (Phi) is 6.56. The van der Waals surface area contributed by atoms with Gasteiger partial charge in [0, 0.05) is 19.2 Å². The van der Waals surface area contributed by atoms with Crippen molar-refractivity contribution in [2.24, 2.45) is 0 Å². The number of unbranched alkanes of at least 4 members (excludes halogenated alkanes) is 1. The smallest absolute Gasteiger partial charge is 0.220 e. The van der Waals surface area contributed by atoms with E-state index in [-0.39, 0.29) is 18.2 Å². The zero-order chi connectivity index (χ0) is 14.1. The molecule has 106 valence electrons. The van der Waals surface area contributed by atoms with Gasteiger partial charge in [-0.15, -0.1) is 0 Å². The average Bonchev–Trinajstić information content (AvgIpc) is 2.34. The summed E-state index contributed by atoms with van der Waals surface area (Å²) in [6, 6.07) is 10.2. The fourth-order valence-corrected chi connectivity index (χ4v) is 2.20. The zero-order valence-corrected chi connectivity index (χ0v) is 12.1. The molecular weight excluding hydrogens is 262 g/mol. The Morgan fingerprint density at radius 1 is 1.16 bits per heavy atom. The van der Waals surface area contributed by atoms with E-state index in [9.17, 15) is 13.2 Å². The first-order valence-electron chi connectivity index (χ1n) is 6.46. The predicted octanol–water partition coefficient (Wildman–Crippen LogP) is 1.56. The molecule has 0 aliphatic rings. The van der Waals surface area contributed by atoms with E-state index in [2.05, 4.69) is 17.4 Å². The minimum Gasteiger partial charge on any atom is -0.355 e. The van der Waals surface area contributed by atoms with Crippen LogP contribution in [0.3, 0.4) is 0 Å². The van der Waals surface area contributed by atoms with Crippen LogP contribution < -0.4 is 5.32 Å². The van der Waals surface area contributed by atoms with Gasteiger partial charge in [0.05, 0.1) is 5.75 Å². The van der Waals surface area contributed by atoms with Crippen LogP contribution in [-0.4, -0.2) is 32.9 Å². The summed E-state index contributed by atoms with van der Waals surface area (Å²) in [5, 5.41) is 2.62. The Morgan fingerprint density at radius 3 is 2.47 bits per heavy atom. The monoisotopic (exact) mass is 283 g/mol. The highest BCUT2D eigenvalue weighted by Crippen LogP contribution is 2.05. The molecule has 0 unspecified atom stereocenters. The molecule has 0 aromatic heterocycles. The lowest BCUT2D eigenvalue weighted by atomic mass is 10.1. The molecule has 0 saturated carbocycles. The molecule has 0 bridgehead atoms. The third-order valence-electron chi connectivity index (χ3n) is 2.76. The summed E-state index contributed by atoms with van der Waals surface area (Å²) in [7, 11) is -3.00. The zero-order valence-electron chi connectivity index (χ0n) is 11.3. The van der Waals surface area contributed by atoms with Gasteiger partial charge in [0.25, 0.3) is 0 Å². The van der Waals surface area contributed by atoms with E-state index in [0.29, 0.717) is 6.42 Å². The first-order chi connectivity index (χ1) is 8.97. The number of benzene rings is 1. The van der Waals surface area contributed by atoms with Crippen molar-refractivity contribution in [1.29, 1.82) is 0 Å². The summed E-state index contributed by atoms with van der Waals surface area (Å²) < 4.78 is 21.8. The largest absolute Gasteiger partial charge is 0.355 e. The fourth-order valence-electron chi connectivity index (χ4n) is 1.72. The molecule has 1 aromatic rings. The normalized spacial score (nSPS) is 11.2. The standard InChI is InChI=1S/C14H21NO3S/c1-19(17,18)12-11-15-14(16)10-6-5-9-13-7-3-2-4-8-13/h2-4,7-8H,5-6,9-12H2,1H3,(H,15,16). The van der Waals surface area contributed by atoms with Crippen LogP contribution in [0.5, 0.6) is 0 Å². The summed E-state index contributed by atoms with van der Waals surface area (Å²) >= 11 is 0. The van der Waals surface area contributed by atoms with Gasteiger partial charge in [-0.3, -0.25) is 4.79 Å². The van der Waals surface area contributed by atoms with Gasteiger partial charge in [-0.1, -0.05) is 30.3 Å². The second-order valence-electron chi connectivity index (χ2n) is 4.67. The van der Waals surface area contributed by atoms with Crippen LogP contribution in [0, 0.1) is 0 Å². The predicted molar refractivity (Wildman–Crippen MR) is 76.7 cm³/mol. The maximum absolute atomic E-state index is 11.4. The number of sulfone groups is 1. The average molecular weight is 283 g/mol. The topological polar surface area (TPSA) is 63.2 Å². The van der Waals surface area contributed by atoms with Crippen molar-refractivity contribution >= 4 is 15.7 Å². The molecule has 0 spiro atoms. The van der Waals surface area contributed by atoms with Crippen molar-refractivity contribution in [2.45, 2.75) is 25.7 Å². The summed E-state index contributed by atoms with van der Waals surface area (Å²) in [6.45, 7) is 0.205. The number of nitrogens with one attached hydrogen (secondary N) is 1. The molecule has 0 saturated heterocycles. The first-order valence-corrected chi connectivity index (χ1v) is 8.52. The fraction of sp³-hybridized carbons (Fsp3) is 0.500. The highest BCUT2D eigenvalue weighted by atomic mass is 32.2. The van der Waals surface area contributed by atoms with Crippen molar-refractivity contribution in [1.82, 2.24) is 5.32 Å². The lowest BCUT2D eigenvalue weighted by Gasteiger charge is -2.04. The second kappa shape index (κ2) is 7.94. The van der Waals surface area contributed by atoms with Crippen LogP contribution in [0.25, 0.3) is 0 Å². The summed E-state index contributed by atoms with van der Waals surface area (Å²) in [4.78, 5) is 11.4. The number of rotatable bonds is 8. The lowest BCUT2D eigenvalue weighted by molar-refractivity contribution is -0.121. The molecule has 1 amide bonds. The van der Waals surface area contributed by atoms with E-state index < -0.39 is 9.84 Å². The van der Waals surface area contributed by atoms with Crippen LogP contribution in [0.15, 0.2) is 30.3 Å². The van der Waals surface area contributed by atoms with E-state index in [1.165, 1.54) is 11.8 Å². The van der Waals surface area contributed by atoms with Crippen molar-refractivity contribution in [3.63, 3.8) is 0 Å². The van der Waals surface area contributed by atoms with Gasteiger partial charge >= 0.3 is 0 Å². The van der Waals surface area contributed by atoms with Gasteiger partial charge in [-0.05, 0) is 24.8 Å². The third-order valence-corrected chi connectivity index (χ3v) is 3.70. The minimum atomic E-state index is -3.00. The summed E-state index contributed by atoms with van der Waals surface area (Å²) in [6.07, 6.45) is 4.37. The molecule has 0 aliphatic heterocycles. The van der Waals surface area contributed by atoms with Crippen LogP contribution in [0.2, 0.25) is 0 Å². The van der Waals surface area contributed by atoms with E-state index in [1.807, 2.05) is 18.2 Å². The van der Waals surface area contributed by atoms with Gasteiger partial charge in [-0.25, -0.2) is 8.42 Å². The molecule has 1 aromatic carbocycles. The van der Waals surface area contributed by atoms with Crippen LogP contribution in [0.1, 0.15) is 24.8 Å². The van der Waals surface area contributed by atoms with Gasteiger partial charge < -0.3 is 5.32 Å². The number of hydrogen-bond acceptors (Lipinski definition) is 3. The second-order valence-corrected chi connectivity index (χ2v) is 6.93. The first kappa shape index (κ1) is 15.7. The molecule has 0 heterocycles. The van der Waals surface area contributed by atoms with E-state index in [0.717, 1.165) is 19.3 Å². The maximum Gasteiger partial charge on any atom is 0.220 e. The molecule has 4 nitrogen and oxygen atoms in total. The van der Waals surface area contributed by atoms with E-state index in [4.69, 9.17) is 0 Å². The minimum absolute atomic E-state index is 0.00273. The molecule has 19 heavy (non-hydrogen) atoms. The maximum atomic E-state index is 11.4. The molecule has 1 rings (SSSR count). The Balaban J connectivity index is 2.08. The molecule has 0 radical (unpaired) electrons. The molecular formula is C14H21NO3S. The Labute approximate surface area is 115 Å².